The summed E-state index contributed by atoms with van der Waals surface area (Å²) in [7, 11) is 1.98. The van der Waals surface area contributed by atoms with E-state index < -0.39 is 0 Å². The second kappa shape index (κ2) is 5.16. The van der Waals surface area contributed by atoms with Crippen molar-refractivity contribution in [2.45, 2.75) is 31.2 Å². The van der Waals surface area contributed by atoms with Crippen LogP contribution in [0.1, 0.15) is 47.2 Å². The van der Waals surface area contributed by atoms with Crippen molar-refractivity contribution in [1.29, 1.82) is 0 Å². The molecule has 0 aliphatic heterocycles. The second-order valence-corrected chi connectivity index (χ2v) is 5.65. The van der Waals surface area contributed by atoms with E-state index in [1.165, 1.54) is 41.9 Å². The van der Waals surface area contributed by atoms with Crippen molar-refractivity contribution in [2.24, 2.45) is 0 Å². The Hall–Kier alpha value is -1.26. The largest absolute Gasteiger partial charge is 0.309 e. The van der Waals surface area contributed by atoms with Crippen LogP contribution in [0.5, 0.6) is 0 Å². The van der Waals surface area contributed by atoms with Crippen LogP contribution in [0.2, 0.25) is 0 Å². The summed E-state index contributed by atoms with van der Waals surface area (Å²) in [6.45, 7) is 0. The summed E-state index contributed by atoms with van der Waals surface area (Å²) in [5.74, 6) is 0.803. The van der Waals surface area contributed by atoms with Gasteiger partial charge in [-0.05, 0) is 48.5 Å². The molecule has 1 saturated carbocycles. The first-order valence-electron chi connectivity index (χ1n) is 6.43. The SMILES string of the molecule is CNC(c1ccc(C2CCC2)cc1)c1cnns1. The van der Waals surface area contributed by atoms with Crippen LogP contribution in [0.15, 0.2) is 30.5 Å². The van der Waals surface area contributed by atoms with Crippen molar-refractivity contribution in [1.82, 2.24) is 14.9 Å². The molecule has 1 aromatic carbocycles. The molecule has 0 spiro atoms. The lowest BCUT2D eigenvalue weighted by Gasteiger charge is -2.26. The number of hydrogen-bond donors (Lipinski definition) is 1. The quantitative estimate of drug-likeness (QED) is 0.916. The van der Waals surface area contributed by atoms with Crippen LogP contribution in [-0.2, 0) is 0 Å². The van der Waals surface area contributed by atoms with Gasteiger partial charge in [0.2, 0.25) is 0 Å². The lowest BCUT2D eigenvalue weighted by molar-refractivity contribution is 0.419. The van der Waals surface area contributed by atoms with E-state index in [2.05, 4.69) is 39.2 Å². The Morgan fingerprint density at radius 3 is 2.56 bits per heavy atom. The molecule has 1 heterocycles. The van der Waals surface area contributed by atoms with Gasteiger partial charge in [0.25, 0.3) is 0 Å². The second-order valence-electron chi connectivity index (χ2n) is 4.84. The molecule has 1 aromatic heterocycles. The summed E-state index contributed by atoms with van der Waals surface area (Å²) in [5.41, 5.74) is 2.77. The van der Waals surface area contributed by atoms with Crippen molar-refractivity contribution >= 4 is 11.5 Å². The van der Waals surface area contributed by atoms with E-state index in [0.29, 0.717) is 0 Å². The Balaban J connectivity index is 1.82. The summed E-state index contributed by atoms with van der Waals surface area (Å²) in [4.78, 5) is 1.16. The highest BCUT2D eigenvalue weighted by Gasteiger charge is 2.20. The van der Waals surface area contributed by atoms with Crippen molar-refractivity contribution in [3.8, 4) is 0 Å². The summed E-state index contributed by atoms with van der Waals surface area (Å²) in [5, 5.41) is 7.24. The molecular weight excluding hydrogens is 242 g/mol. The minimum Gasteiger partial charge on any atom is -0.309 e. The Bertz CT molecular complexity index is 488. The van der Waals surface area contributed by atoms with E-state index in [9.17, 15) is 0 Å². The van der Waals surface area contributed by atoms with Gasteiger partial charge in [-0.1, -0.05) is 35.2 Å². The van der Waals surface area contributed by atoms with Crippen LogP contribution in [0.4, 0.5) is 0 Å². The van der Waals surface area contributed by atoms with Crippen LogP contribution < -0.4 is 5.32 Å². The van der Waals surface area contributed by atoms with Crippen LogP contribution >= 0.6 is 11.5 Å². The zero-order chi connectivity index (χ0) is 12.4. The number of nitrogens with one attached hydrogen (secondary N) is 1. The fourth-order valence-corrected chi connectivity index (χ4v) is 3.12. The smallest absolute Gasteiger partial charge is 0.0701 e. The highest BCUT2D eigenvalue weighted by atomic mass is 32.1. The predicted molar refractivity (Wildman–Crippen MR) is 73.8 cm³/mol. The molecule has 1 aliphatic carbocycles. The molecule has 1 N–H and O–H groups in total. The third-order valence-corrected chi connectivity index (χ3v) is 4.53. The van der Waals surface area contributed by atoms with Gasteiger partial charge in [-0.25, -0.2) is 0 Å². The average molecular weight is 259 g/mol. The molecule has 0 amide bonds. The molecule has 2 aromatic rings. The van der Waals surface area contributed by atoms with Gasteiger partial charge in [0.15, 0.2) is 0 Å². The van der Waals surface area contributed by atoms with E-state index in [-0.39, 0.29) is 6.04 Å². The molecule has 1 fully saturated rings. The van der Waals surface area contributed by atoms with Gasteiger partial charge in [-0.2, -0.15) is 0 Å². The van der Waals surface area contributed by atoms with Gasteiger partial charge in [-0.3, -0.25) is 0 Å². The third-order valence-electron chi connectivity index (χ3n) is 3.80. The topological polar surface area (TPSA) is 37.8 Å². The first-order valence-corrected chi connectivity index (χ1v) is 7.20. The standard InChI is InChI=1S/C14H17N3S/c1-15-14(13-9-16-17-18-13)12-7-5-11(6-8-12)10-3-2-4-10/h5-10,14-15H,2-4H2,1H3. The first-order chi connectivity index (χ1) is 8.88. The van der Waals surface area contributed by atoms with Gasteiger partial charge >= 0.3 is 0 Å². The summed E-state index contributed by atoms with van der Waals surface area (Å²) < 4.78 is 3.94. The number of nitrogens with zero attached hydrogens (tertiary/aromatic N) is 2. The van der Waals surface area contributed by atoms with Gasteiger partial charge < -0.3 is 5.32 Å². The Morgan fingerprint density at radius 2 is 2.06 bits per heavy atom. The maximum Gasteiger partial charge on any atom is 0.0701 e. The average Bonchev–Trinajstić information content (AvgIpc) is 2.84. The summed E-state index contributed by atoms with van der Waals surface area (Å²) in [6, 6.07) is 9.22. The van der Waals surface area contributed by atoms with Crippen molar-refractivity contribution in [3.63, 3.8) is 0 Å². The lowest BCUT2D eigenvalue weighted by Crippen LogP contribution is -2.16. The normalized spacial score (nSPS) is 17.4. The zero-order valence-corrected chi connectivity index (χ0v) is 11.3. The third kappa shape index (κ3) is 2.18. The Labute approximate surface area is 111 Å². The van der Waals surface area contributed by atoms with E-state index in [0.717, 1.165) is 10.8 Å². The minimum absolute atomic E-state index is 0.209. The van der Waals surface area contributed by atoms with E-state index in [1.54, 1.807) is 0 Å². The summed E-state index contributed by atoms with van der Waals surface area (Å²) in [6.07, 6.45) is 5.94. The van der Waals surface area contributed by atoms with Gasteiger partial charge in [0.1, 0.15) is 0 Å². The fraction of sp³-hybridized carbons (Fsp3) is 0.429. The van der Waals surface area contributed by atoms with Crippen molar-refractivity contribution in [2.75, 3.05) is 7.05 Å². The number of rotatable bonds is 4. The van der Waals surface area contributed by atoms with Crippen LogP contribution in [0, 0.1) is 0 Å². The Kier molecular flexibility index (Phi) is 3.39. The molecule has 0 bridgehead atoms. The molecule has 1 atom stereocenters. The fourth-order valence-electron chi connectivity index (χ4n) is 2.48. The molecule has 1 unspecified atom stereocenters. The van der Waals surface area contributed by atoms with Crippen LogP contribution in [0.25, 0.3) is 0 Å². The predicted octanol–water partition coefficient (Wildman–Crippen LogP) is 3.11. The van der Waals surface area contributed by atoms with E-state index >= 15 is 0 Å². The van der Waals surface area contributed by atoms with Crippen LogP contribution in [0.3, 0.4) is 0 Å². The number of hydrogen-bond acceptors (Lipinski definition) is 4. The number of aromatic nitrogens is 2. The van der Waals surface area contributed by atoms with Crippen molar-refractivity contribution < 1.29 is 0 Å². The monoisotopic (exact) mass is 259 g/mol. The van der Waals surface area contributed by atoms with E-state index in [1.807, 2.05) is 13.2 Å². The highest BCUT2D eigenvalue weighted by molar-refractivity contribution is 7.05. The van der Waals surface area contributed by atoms with Gasteiger partial charge in [0.05, 0.1) is 17.1 Å². The summed E-state index contributed by atoms with van der Waals surface area (Å²) >= 11 is 1.45. The molecule has 4 heteroatoms. The molecule has 0 radical (unpaired) electrons. The molecule has 0 saturated heterocycles. The van der Waals surface area contributed by atoms with Crippen molar-refractivity contribution in [3.05, 3.63) is 46.5 Å². The molecule has 3 nitrogen and oxygen atoms in total. The maximum atomic E-state index is 3.94. The lowest BCUT2D eigenvalue weighted by atomic mass is 9.80. The molecule has 3 rings (SSSR count). The number of benzene rings is 1. The molecular formula is C14H17N3S. The first kappa shape index (κ1) is 11.8. The van der Waals surface area contributed by atoms with Gasteiger partial charge in [0, 0.05) is 0 Å². The van der Waals surface area contributed by atoms with E-state index in [4.69, 9.17) is 0 Å². The molecule has 94 valence electrons. The Morgan fingerprint density at radius 1 is 1.28 bits per heavy atom. The van der Waals surface area contributed by atoms with Crippen LogP contribution in [-0.4, -0.2) is 16.6 Å². The highest BCUT2D eigenvalue weighted by Crippen LogP contribution is 2.36. The maximum absolute atomic E-state index is 3.94. The zero-order valence-electron chi connectivity index (χ0n) is 10.5. The minimum atomic E-state index is 0.209. The molecule has 1 aliphatic rings. The van der Waals surface area contributed by atoms with Gasteiger partial charge in [-0.15, -0.1) is 5.10 Å². The molecule has 18 heavy (non-hydrogen) atoms.